The van der Waals surface area contributed by atoms with Crippen molar-refractivity contribution in [1.82, 2.24) is 10.6 Å². The Kier molecular flexibility index (Phi) is 17.3. The van der Waals surface area contributed by atoms with Crippen LogP contribution in [0.2, 0.25) is 0 Å². The van der Waals surface area contributed by atoms with Gasteiger partial charge < -0.3 is 11.1 Å². The summed E-state index contributed by atoms with van der Waals surface area (Å²) >= 11 is 0. The van der Waals surface area contributed by atoms with Crippen molar-refractivity contribution in [2.75, 3.05) is 6.54 Å². The summed E-state index contributed by atoms with van der Waals surface area (Å²) in [5, 5.41) is 19.0. The molecule has 5 nitrogen and oxygen atoms in total. The monoisotopic (exact) mass is 431 g/mol. The molecule has 0 rings (SSSR count). The minimum Gasteiger partial charge on any atom is -0.370 e. The molecule has 0 spiro atoms. The Morgan fingerprint density at radius 2 is 1.92 bits per heavy atom. The first kappa shape index (κ1) is 18.7. The van der Waals surface area contributed by atoms with E-state index >= 15 is 0 Å². The number of halogens is 1. The van der Waals surface area contributed by atoms with E-state index in [0.717, 1.165) is 19.4 Å². The molecule has 13 heavy (non-hydrogen) atoms. The van der Waals surface area contributed by atoms with Crippen LogP contribution >= 0.6 is 12.4 Å². The zero-order chi connectivity index (χ0) is 8.69. The van der Waals surface area contributed by atoms with Crippen molar-refractivity contribution in [3.63, 3.8) is 0 Å². The quantitative estimate of drug-likeness (QED) is 0.248. The molecular weight excluding hydrogens is 422 g/mol. The zero-order valence-corrected chi connectivity index (χ0v) is 11.7. The van der Waals surface area contributed by atoms with E-state index in [1.54, 1.807) is 0 Å². The van der Waals surface area contributed by atoms with Crippen molar-refractivity contribution in [1.29, 1.82) is 10.8 Å². The first-order valence-electron chi connectivity index (χ1n) is 3.60. The summed E-state index contributed by atoms with van der Waals surface area (Å²) in [6, 6.07) is 0. The van der Waals surface area contributed by atoms with E-state index in [1.165, 1.54) is 0 Å². The predicted molar refractivity (Wildman–Crippen MR) is 52.9 cm³/mol. The van der Waals surface area contributed by atoms with Crippen LogP contribution in [0.3, 0.4) is 0 Å². The Bertz CT molecular complexity index is 152. The summed E-state index contributed by atoms with van der Waals surface area (Å²) in [5.41, 5.74) is 4.99. The molecule has 0 saturated carbocycles. The van der Waals surface area contributed by atoms with Crippen molar-refractivity contribution < 1.29 is 29.2 Å². The third-order valence-electron chi connectivity index (χ3n) is 1.09. The van der Waals surface area contributed by atoms with E-state index in [2.05, 4.69) is 17.6 Å². The summed E-state index contributed by atoms with van der Waals surface area (Å²) in [5.74, 6) is -0.120. The van der Waals surface area contributed by atoms with Crippen molar-refractivity contribution in [2.24, 2.45) is 5.73 Å². The van der Waals surface area contributed by atoms with Gasteiger partial charge in [-0.2, -0.15) is 0 Å². The fourth-order valence-corrected chi connectivity index (χ4v) is 0.569. The fourth-order valence-electron chi connectivity index (χ4n) is 0.569. The summed E-state index contributed by atoms with van der Waals surface area (Å²) in [4.78, 5) is 0. The molecule has 0 aromatic rings. The first-order chi connectivity index (χ1) is 5.16. The van der Waals surface area contributed by atoms with Gasteiger partial charge in [-0.1, -0.05) is 13.3 Å². The van der Waals surface area contributed by atoms with Crippen molar-refractivity contribution >= 4 is 24.3 Å². The Labute approximate surface area is 107 Å². The molecule has 7 heteroatoms. The normalized spacial score (nSPS) is 7.46. The standard InChI is InChI=1S/C6H15N5.ClH.Pu/c1-2-3-4-10-6(9)11-5(7)8;;/h2-4H2,1H3,(H6,7,8,9,10,11);1H;. The van der Waals surface area contributed by atoms with Crippen LogP contribution in [0.25, 0.3) is 0 Å². The molecule has 0 aliphatic heterocycles. The second-order valence-electron chi connectivity index (χ2n) is 2.19. The number of nitrogens with two attached hydrogens (primary N) is 1. The number of nitrogens with one attached hydrogen (secondary N) is 4. The van der Waals surface area contributed by atoms with Crippen molar-refractivity contribution in [2.45, 2.75) is 19.8 Å². The van der Waals surface area contributed by atoms with E-state index in [0.29, 0.717) is 0 Å². The van der Waals surface area contributed by atoms with Gasteiger partial charge in [0.25, 0.3) is 0 Å². The molecule has 0 aliphatic carbocycles. The molecule has 0 aromatic carbocycles. The maximum atomic E-state index is 7.15. The topological polar surface area (TPSA) is 97.8 Å². The van der Waals surface area contributed by atoms with E-state index in [9.17, 15) is 0 Å². The van der Waals surface area contributed by atoms with Crippen LogP contribution in [0.15, 0.2) is 0 Å². The van der Waals surface area contributed by atoms with Crippen LogP contribution in [0.1, 0.15) is 19.8 Å². The van der Waals surface area contributed by atoms with Crippen LogP contribution in [-0.4, -0.2) is 18.5 Å². The van der Waals surface area contributed by atoms with Gasteiger partial charge in [0.15, 0.2) is 11.9 Å². The van der Waals surface area contributed by atoms with Crippen LogP contribution in [-0.2, 0) is 0 Å². The number of rotatable bonds is 3. The molecular formula is C6H16ClN5Pu. The van der Waals surface area contributed by atoms with Crippen LogP contribution in [0.4, 0.5) is 0 Å². The summed E-state index contributed by atoms with van der Waals surface area (Å²) < 4.78 is 0. The van der Waals surface area contributed by atoms with Gasteiger partial charge in [0, 0.05) is 35.7 Å². The minimum absolute atomic E-state index is 0. The van der Waals surface area contributed by atoms with Crippen LogP contribution in [0, 0.1) is 40.0 Å². The van der Waals surface area contributed by atoms with E-state index in [1.807, 2.05) is 0 Å². The van der Waals surface area contributed by atoms with Gasteiger partial charge in [-0.25, -0.2) is 0 Å². The largest absolute Gasteiger partial charge is 0.370 e. The molecule has 0 aliphatic rings. The predicted octanol–water partition coefficient (Wildman–Crippen LogP) is 0.216. The summed E-state index contributed by atoms with van der Waals surface area (Å²) in [7, 11) is 0. The third-order valence-corrected chi connectivity index (χ3v) is 1.09. The van der Waals surface area contributed by atoms with Crippen LogP contribution < -0.4 is 16.4 Å². The Morgan fingerprint density at radius 3 is 2.31 bits per heavy atom. The van der Waals surface area contributed by atoms with Gasteiger partial charge in [-0.15, -0.1) is 12.4 Å². The smallest absolute Gasteiger partial charge is 0.195 e. The number of guanidine groups is 2. The second-order valence-corrected chi connectivity index (χ2v) is 2.19. The molecule has 6 N–H and O–H groups in total. The molecule has 0 saturated heterocycles. The third kappa shape index (κ3) is 14.8. The van der Waals surface area contributed by atoms with Gasteiger partial charge in [0.2, 0.25) is 0 Å². The Hall–Kier alpha value is 0.0170. The molecule has 0 amide bonds. The summed E-state index contributed by atoms with van der Waals surface area (Å²) in [6.45, 7) is 2.82. The van der Waals surface area contributed by atoms with Gasteiger partial charge in [-0.05, 0) is 6.42 Å². The number of hydrogen-bond acceptors (Lipinski definition) is 2. The second kappa shape index (κ2) is 12.0. The molecule has 0 atom stereocenters. The Morgan fingerprint density at radius 1 is 1.38 bits per heavy atom. The maximum Gasteiger partial charge on any atom is 0.195 e. The average Bonchev–Trinajstić information content (AvgIpc) is 1.86. The molecule has 0 unspecified atom stereocenters. The molecule has 0 fully saturated rings. The number of hydrogen-bond donors (Lipinski definition) is 5. The van der Waals surface area contributed by atoms with Crippen molar-refractivity contribution in [3.8, 4) is 0 Å². The van der Waals surface area contributed by atoms with Gasteiger partial charge in [-0.3, -0.25) is 16.1 Å². The SMILES string of the molecule is CCCCNC(=N)NC(=N)N.Cl.[Pu]. The molecule has 78 valence electrons. The minimum atomic E-state index is -0.209. The zero-order valence-electron chi connectivity index (χ0n) is 7.52. The van der Waals surface area contributed by atoms with Gasteiger partial charge in [0.1, 0.15) is 0 Å². The number of unbranched alkanes of at least 4 members (excludes halogenated alkanes) is 1. The molecule has 0 aromatic heterocycles. The molecule has 0 radical (unpaired) electrons. The fraction of sp³-hybridized carbons (Fsp3) is 0.667. The molecule has 0 bridgehead atoms. The van der Waals surface area contributed by atoms with E-state index in [4.69, 9.17) is 16.6 Å². The Balaban J connectivity index is -0.000000500. The van der Waals surface area contributed by atoms with Crippen LogP contribution in [0.5, 0.6) is 0 Å². The average molecular weight is 438 g/mol. The van der Waals surface area contributed by atoms with Gasteiger partial charge in [0.05, 0.1) is 0 Å². The van der Waals surface area contributed by atoms with E-state index < -0.39 is 0 Å². The molecule has 0 heterocycles. The van der Waals surface area contributed by atoms with E-state index in [-0.39, 0.29) is 53.5 Å². The first-order valence-corrected chi connectivity index (χ1v) is 3.60. The van der Waals surface area contributed by atoms with Gasteiger partial charge >= 0.3 is 0 Å². The van der Waals surface area contributed by atoms with Crippen molar-refractivity contribution in [3.05, 3.63) is 0 Å². The maximum absolute atomic E-state index is 7.15. The summed E-state index contributed by atoms with van der Waals surface area (Å²) in [6.07, 6.45) is 2.10.